The van der Waals surface area contributed by atoms with Crippen molar-refractivity contribution in [2.45, 2.75) is 38.9 Å². The maximum Gasteiger partial charge on any atom is 0.137 e. The lowest BCUT2D eigenvalue weighted by Crippen LogP contribution is -2.30. The SMILES string of the molecule is CC(C)CNCC1CCC(COc2ccc(F)c(Br)c2)O1. The maximum atomic E-state index is 13.1. The molecular formula is C16H23BrFNO2. The Morgan fingerprint density at radius 1 is 1.38 bits per heavy atom. The molecule has 1 saturated heterocycles. The molecule has 0 aromatic heterocycles. The quantitative estimate of drug-likeness (QED) is 0.803. The molecule has 1 aromatic carbocycles. The van der Waals surface area contributed by atoms with Crippen LogP contribution in [-0.4, -0.2) is 31.9 Å². The molecular weight excluding hydrogens is 337 g/mol. The number of rotatable bonds is 7. The van der Waals surface area contributed by atoms with E-state index in [2.05, 4.69) is 35.1 Å². The zero-order valence-electron chi connectivity index (χ0n) is 12.6. The molecule has 1 heterocycles. The van der Waals surface area contributed by atoms with Gasteiger partial charge in [0.2, 0.25) is 0 Å². The van der Waals surface area contributed by atoms with Gasteiger partial charge >= 0.3 is 0 Å². The van der Waals surface area contributed by atoms with E-state index >= 15 is 0 Å². The highest BCUT2D eigenvalue weighted by Gasteiger charge is 2.25. The molecule has 2 rings (SSSR count). The van der Waals surface area contributed by atoms with Gasteiger partial charge in [-0.15, -0.1) is 0 Å². The summed E-state index contributed by atoms with van der Waals surface area (Å²) in [5.41, 5.74) is 0. The topological polar surface area (TPSA) is 30.5 Å². The van der Waals surface area contributed by atoms with Gasteiger partial charge in [0.1, 0.15) is 18.2 Å². The van der Waals surface area contributed by atoms with Gasteiger partial charge in [0.05, 0.1) is 16.7 Å². The number of benzene rings is 1. The van der Waals surface area contributed by atoms with Crippen molar-refractivity contribution in [1.82, 2.24) is 5.32 Å². The van der Waals surface area contributed by atoms with Crippen molar-refractivity contribution in [1.29, 1.82) is 0 Å². The minimum absolute atomic E-state index is 0.125. The lowest BCUT2D eigenvalue weighted by atomic mass is 10.2. The second-order valence-corrected chi connectivity index (χ2v) is 6.75. The van der Waals surface area contributed by atoms with Gasteiger partial charge in [-0.3, -0.25) is 0 Å². The Morgan fingerprint density at radius 2 is 2.14 bits per heavy atom. The third kappa shape index (κ3) is 5.57. The summed E-state index contributed by atoms with van der Waals surface area (Å²) in [6.07, 6.45) is 2.47. The minimum Gasteiger partial charge on any atom is -0.491 e. The number of ether oxygens (including phenoxy) is 2. The van der Waals surface area contributed by atoms with E-state index in [-0.39, 0.29) is 18.0 Å². The Labute approximate surface area is 134 Å². The molecule has 0 aliphatic carbocycles. The molecule has 1 aliphatic heterocycles. The van der Waals surface area contributed by atoms with Gasteiger partial charge in [-0.25, -0.2) is 4.39 Å². The van der Waals surface area contributed by atoms with Crippen LogP contribution in [0.3, 0.4) is 0 Å². The van der Waals surface area contributed by atoms with E-state index in [0.717, 1.165) is 25.9 Å². The molecule has 1 N–H and O–H groups in total. The fourth-order valence-electron chi connectivity index (χ4n) is 2.34. The lowest BCUT2D eigenvalue weighted by Gasteiger charge is -2.16. The van der Waals surface area contributed by atoms with Crippen LogP contribution in [0.1, 0.15) is 26.7 Å². The third-order valence-corrected chi connectivity index (χ3v) is 4.05. The number of hydrogen-bond acceptors (Lipinski definition) is 3. The van der Waals surface area contributed by atoms with Crippen LogP contribution in [0.4, 0.5) is 4.39 Å². The second-order valence-electron chi connectivity index (χ2n) is 5.90. The van der Waals surface area contributed by atoms with Crippen LogP contribution >= 0.6 is 15.9 Å². The van der Waals surface area contributed by atoms with Gasteiger partial charge in [-0.2, -0.15) is 0 Å². The normalized spacial score (nSPS) is 22.0. The van der Waals surface area contributed by atoms with Crippen LogP contribution in [-0.2, 0) is 4.74 Å². The summed E-state index contributed by atoms with van der Waals surface area (Å²) in [5.74, 6) is 1.03. The fourth-order valence-corrected chi connectivity index (χ4v) is 2.70. The molecule has 118 valence electrons. The van der Waals surface area contributed by atoms with E-state index < -0.39 is 0 Å². The molecule has 5 heteroatoms. The first-order valence-electron chi connectivity index (χ1n) is 7.48. The molecule has 1 aromatic rings. The van der Waals surface area contributed by atoms with Gasteiger partial charge in [0.15, 0.2) is 0 Å². The molecule has 2 atom stereocenters. The number of hydrogen-bond donors (Lipinski definition) is 1. The Balaban J connectivity index is 1.69. The predicted molar refractivity (Wildman–Crippen MR) is 85.2 cm³/mol. The number of nitrogens with one attached hydrogen (secondary N) is 1. The van der Waals surface area contributed by atoms with Crippen LogP contribution in [0.5, 0.6) is 5.75 Å². The summed E-state index contributed by atoms with van der Waals surface area (Å²) in [5, 5.41) is 3.42. The standard InChI is InChI=1S/C16H23BrFNO2/c1-11(2)8-19-9-13-3-4-14(21-13)10-20-12-5-6-16(18)15(17)7-12/h5-7,11,13-14,19H,3-4,8-10H2,1-2H3. The maximum absolute atomic E-state index is 13.1. The van der Waals surface area contributed by atoms with Crippen molar-refractivity contribution >= 4 is 15.9 Å². The lowest BCUT2D eigenvalue weighted by molar-refractivity contribution is 0.0183. The molecule has 0 amide bonds. The first-order chi connectivity index (χ1) is 10.0. The minimum atomic E-state index is -0.282. The summed E-state index contributed by atoms with van der Waals surface area (Å²) < 4.78 is 25.2. The molecule has 2 unspecified atom stereocenters. The highest BCUT2D eigenvalue weighted by Crippen LogP contribution is 2.24. The van der Waals surface area contributed by atoms with Crippen LogP contribution in [0.2, 0.25) is 0 Å². The molecule has 3 nitrogen and oxygen atoms in total. The molecule has 21 heavy (non-hydrogen) atoms. The van der Waals surface area contributed by atoms with Crippen LogP contribution in [0, 0.1) is 11.7 Å². The summed E-state index contributed by atoms with van der Waals surface area (Å²) in [4.78, 5) is 0. The van der Waals surface area contributed by atoms with E-state index in [4.69, 9.17) is 9.47 Å². The van der Waals surface area contributed by atoms with E-state index in [1.165, 1.54) is 6.07 Å². The first-order valence-corrected chi connectivity index (χ1v) is 8.28. The Kier molecular flexibility index (Phi) is 6.45. The monoisotopic (exact) mass is 359 g/mol. The van der Waals surface area contributed by atoms with Gasteiger partial charge in [-0.1, -0.05) is 13.8 Å². The molecule has 1 fully saturated rings. The van der Waals surface area contributed by atoms with Crippen molar-refractivity contribution in [3.05, 3.63) is 28.5 Å². The van der Waals surface area contributed by atoms with Crippen molar-refractivity contribution in [3.63, 3.8) is 0 Å². The molecule has 0 saturated carbocycles. The van der Waals surface area contributed by atoms with Crippen LogP contribution in [0.25, 0.3) is 0 Å². The zero-order chi connectivity index (χ0) is 15.2. The van der Waals surface area contributed by atoms with Crippen molar-refractivity contribution in [2.24, 2.45) is 5.92 Å². The Morgan fingerprint density at radius 3 is 2.86 bits per heavy atom. The summed E-state index contributed by atoms with van der Waals surface area (Å²) in [6, 6.07) is 4.68. The summed E-state index contributed by atoms with van der Waals surface area (Å²) in [7, 11) is 0. The van der Waals surface area contributed by atoms with Gasteiger partial charge in [0.25, 0.3) is 0 Å². The highest BCUT2D eigenvalue weighted by molar-refractivity contribution is 9.10. The van der Waals surface area contributed by atoms with E-state index in [1.807, 2.05) is 0 Å². The number of halogens is 2. The first kappa shape index (κ1) is 16.7. The molecule has 1 aliphatic rings. The van der Waals surface area contributed by atoms with E-state index in [9.17, 15) is 4.39 Å². The third-order valence-electron chi connectivity index (χ3n) is 3.45. The van der Waals surface area contributed by atoms with Gasteiger partial charge in [0, 0.05) is 6.54 Å². The van der Waals surface area contributed by atoms with Crippen LogP contribution in [0.15, 0.2) is 22.7 Å². The summed E-state index contributed by atoms with van der Waals surface area (Å²) >= 11 is 3.15. The smallest absolute Gasteiger partial charge is 0.137 e. The van der Waals surface area contributed by atoms with Gasteiger partial charge < -0.3 is 14.8 Å². The zero-order valence-corrected chi connectivity index (χ0v) is 14.2. The van der Waals surface area contributed by atoms with E-state index in [1.54, 1.807) is 12.1 Å². The van der Waals surface area contributed by atoms with Crippen LogP contribution < -0.4 is 10.1 Å². The highest BCUT2D eigenvalue weighted by atomic mass is 79.9. The second kappa shape index (κ2) is 8.11. The molecule has 0 bridgehead atoms. The Bertz CT molecular complexity index is 456. The van der Waals surface area contributed by atoms with Gasteiger partial charge in [-0.05, 0) is 59.4 Å². The van der Waals surface area contributed by atoms with E-state index in [0.29, 0.717) is 22.7 Å². The molecule has 0 spiro atoms. The van der Waals surface area contributed by atoms with Crippen molar-refractivity contribution < 1.29 is 13.9 Å². The largest absolute Gasteiger partial charge is 0.491 e. The average Bonchev–Trinajstić information content (AvgIpc) is 2.88. The molecule has 0 radical (unpaired) electrons. The summed E-state index contributed by atoms with van der Waals surface area (Å²) in [6.45, 7) is 6.82. The van der Waals surface area contributed by atoms with Crippen molar-refractivity contribution in [3.8, 4) is 5.75 Å². The average molecular weight is 360 g/mol. The van der Waals surface area contributed by atoms with Crippen molar-refractivity contribution in [2.75, 3.05) is 19.7 Å². The predicted octanol–water partition coefficient (Wildman–Crippen LogP) is 3.76. The Hall–Kier alpha value is -0.650. The fraction of sp³-hybridized carbons (Fsp3) is 0.625.